The average Bonchev–Trinajstić information content (AvgIpc) is 2.82. The van der Waals surface area contributed by atoms with E-state index in [1.54, 1.807) is 29.4 Å². The van der Waals surface area contributed by atoms with E-state index in [4.69, 9.17) is 5.11 Å². The Balaban J connectivity index is 2.24. The van der Waals surface area contributed by atoms with Crippen LogP contribution >= 0.6 is 0 Å². The first-order chi connectivity index (χ1) is 9.25. The molecule has 5 nitrogen and oxygen atoms in total. The summed E-state index contributed by atoms with van der Waals surface area (Å²) in [5, 5.41) is 9.93. The van der Waals surface area contributed by atoms with E-state index in [-0.39, 0.29) is 6.54 Å². The summed E-state index contributed by atoms with van der Waals surface area (Å²) in [4.78, 5) is 19.3. The van der Waals surface area contributed by atoms with Crippen LogP contribution in [0.25, 0.3) is 22.2 Å². The molecule has 0 aromatic carbocycles. The van der Waals surface area contributed by atoms with Crippen LogP contribution in [0, 0.1) is 0 Å². The Morgan fingerprint density at radius 3 is 2.68 bits per heavy atom. The van der Waals surface area contributed by atoms with E-state index >= 15 is 0 Å². The number of carboxylic acid groups (broad SMARTS) is 1. The monoisotopic (exact) mass is 253 g/mol. The highest BCUT2D eigenvalue weighted by Gasteiger charge is 2.11. The third-order valence-corrected chi connectivity index (χ3v) is 2.94. The number of fused-ring (bicyclic) bond motifs is 1. The van der Waals surface area contributed by atoms with Gasteiger partial charge in [0.05, 0.1) is 11.2 Å². The van der Waals surface area contributed by atoms with Crippen molar-refractivity contribution in [1.29, 1.82) is 0 Å². The maximum absolute atomic E-state index is 10.9. The molecule has 0 aliphatic carbocycles. The number of carbonyl (C=O) groups is 1. The van der Waals surface area contributed by atoms with Crippen molar-refractivity contribution in [3.8, 4) is 11.3 Å². The molecule has 94 valence electrons. The molecule has 3 rings (SSSR count). The topological polar surface area (TPSA) is 68.0 Å². The van der Waals surface area contributed by atoms with E-state index in [1.807, 2.05) is 24.3 Å². The Morgan fingerprint density at radius 2 is 1.95 bits per heavy atom. The van der Waals surface area contributed by atoms with E-state index in [1.165, 1.54) is 0 Å². The second kappa shape index (κ2) is 4.53. The molecule has 0 amide bonds. The first-order valence-corrected chi connectivity index (χ1v) is 5.82. The summed E-state index contributed by atoms with van der Waals surface area (Å²) in [7, 11) is 0. The fourth-order valence-corrected chi connectivity index (χ4v) is 2.15. The van der Waals surface area contributed by atoms with Gasteiger partial charge in [0.25, 0.3) is 0 Å². The lowest BCUT2D eigenvalue weighted by atomic mass is 10.1. The van der Waals surface area contributed by atoms with Crippen molar-refractivity contribution in [1.82, 2.24) is 14.5 Å². The van der Waals surface area contributed by atoms with Crippen molar-refractivity contribution in [2.75, 3.05) is 0 Å². The summed E-state index contributed by atoms with van der Waals surface area (Å²) in [5.74, 6) is -0.873. The summed E-state index contributed by atoms with van der Waals surface area (Å²) < 4.78 is 1.69. The molecule has 3 aromatic rings. The zero-order valence-electron chi connectivity index (χ0n) is 10.0. The van der Waals surface area contributed by atoms with Gasteiger partial charge in [-0.25, -0.2) is 0 Å². The van der Waals surface area contributed by atoms with Gasteiger partial charge in [-0.1, -0.05) is 0 Å². The number of hydrogen-bond donors (Lipinski definition) is 1. The zero-order valence-corrected chi connectivity index (χ0v) is 10.0. The van der Waals surface area contributed by atoms with Crippen LogP contribution in [0.3, 0.4) is 0 Å². The van der Waals surface area contributed by atoms with Gasteiger partial charge in [0, 0.05) is 35.7 Å². The van der Waals surface area contributed by atoms with Crippen molar-refractivity contribution in [3.05, 3.63) is 49.1 Å². The Bertz CT molecular complexity index is 735. The summed E-state index contributed by atoms with van der Waals surface area (Å²) in [5.41, 5.74) is 2.52. The third-order valence-electron chi connectivity index (χ3n) is 2.94. The lowest BCUT2D eigenvalue weighted by Gasteiger charge is -2.07. The lowest BCUT2D eigenvalue weighted by Crippen LogP contribution is -2.08. The van der Waals surface area contributed by atoms with E-state index in [0.29, 0.717) is 0 Å². The van der Waals surface area contributed by atoms with Gasteiger partial charge >= 0.3 is 5.97 Å². The fraction of sp³-hybridized carbons (Fsp3) is 0.0714. The molecule has 0 atom stereocenters. The van der Waals surface area contributed by atoms with Gasteiger partial charge in [0.15, 0.2) is 0 Å². The van der Waals surface area contributed by atoms with Crippen molar-refractivity contribution in [2.45, 2.75) is 6.54 Å². The molecular formula is C14H11N3O2. The van der Waals surface area contributed by atoms with Crippen LogP contribution in [0.4, 0.5) is 0 Å². The summed E-state index contributed by atoms with van der Waals surface area (Å²) >= 11 is 0. The van der Waals surface area contributed by atoms with E-state index < -0.39 is 5.97 Å². The van der Waals surface area contributed by atoms with Gasteiger partial charge in [-0.15, -0.1) is 0 Å². The highest BCUT2D eigenvalue weighted by atomic mass is 16.4. The van der Waals surface area contributed by atoms with Gasteiger partial charge in [-0.3, -0.25) is 14.8 Å². The number of carboxylic acids is 1. The minimum Gasteiger partial charge on any atom is -0.480 e. The maximum Gasteiger partial charge on any atom is 0.323 e. The molecule has 0 spiro atoms. The number of aromatic nitrogens is 3. The highest BCUT2D eigenvalue weighted by Crippen LogP contribution is 2.26. The van der Waals surface area contributed by atoms with Crippen molar-refractivity contribution in [2.24, 2.45) is 0 Å². The van der Waals surface area contributed by atoms with Crippen LogP contribution in [0.15, 0.2) is 49.1 Å². The van der Waals surface area contributed by atoms with E-state index in [0.717, 1.165) is 22.2 Å². The molecule has 0 fully saturated rings. The molecule has 0 radical (unpaired) electrons. The first-order valence-electron chi connectivity index (χ1n) is 5.82. The number of pyridine rings is 2. The second-order valence-corrected chi connectivity index (χ2v) is 4.17. The Morgan fingerprint density at radius 1 is 1.16 bits per heavy atom. The van der Waals surface area contributed by atoms with Crippen LogP contribution in [0.5, 0.6) is 0 Å². The molecule has 0 saturated heterocycles. The molecule has 0 unspecified atom stereocenters. The predicted octanol–water partition coefficient (Wildman–Crippen LogP) is 2.18. The predicted molar refractivity (Wildman–Crippen MR) is 70.6 cm³/mol. The smallest absolute Gasteiger partial charge is 0.323 e. The molecule has 0 bridgehead atoms. The maximum atomic E-state index is 10.9. The van der Waals surface area contributed by atoms with Crippen molar-refractivity contribution < 1.29 is 9.90 Å². The van der Waals surface area contributed by atoms with E-state index in [9.17, 15) is 4.79 Å². The third kappa shape index (κ3) is 2.06. The standard InChI is InChI=1S/C14H11N3O2/c18-12(19)9-17-8-4-11-3-7-16-13(14(11)17)10-1-5-15-6-2-10/h1-8H,9H2,(H,18,19). The van der Waals surface area contributed by atoms with Gasteiger partial charge in [-0.05, 0) is 24.3 Å². The highest BCUT2D eigenvalue weighted by molar-refractivity contribution is 5.93. The van der Waals surface area contributed by atoms with Gasteiger partial charge in [-0.2, -0.15) is 0 Å². The van der Waals surface area contributed by atoms with Gasteiger partial charge in [0.2, 0.25) is 0 Å². The van der Waals surface area contributed by atoms with Gasteiger partial charge < -0.3 is 9.67 Å². The lowest BCUT2D eigenvalue weighted by molar-refractivity contribution is -0.137. The second-order valence-electron chi connectivity index (χ2n) is 4.17. The minimum absolute atomic E-state index is 0.0761. The van der Waals surface area contributed by atoms with E-state index in [2.05, 4.69) is 9.97 Å². The van der Waals surface area contributed by atoms with Crippen LogP contribution in [0.2, 0.25) is 0 Å². The quantitative estimate of drug-likeness (QED) is 0.776. The Labute approximate surface area is 109 Å². The molecule has 19 heavy (non-hydrogen) atoms. The summed E-state index contributed by atoms with van der Waals surface area (Å²) in [6.45, 7) is -0.0761. The summed E-state index contributed by atoms with van der Waals surface area (Å²) in [6, 6.07) is 7.49. The molecule has 0 saturated carbocycles. The SMILES string of the molecule is O=C(O)Cn1ccc2ccnc(-c3ccncc3)c21. The van der Waals surface area contributed by atoms with Crippen LogP contribution in [-0.4, -0.2) is 25.6 Å². The van der Waals surface area contributed by atoms with Crippen LogP contribution < -0.4 is 0 Å². The number of aliphatic carboxylic acids is 1. The normalized spacial score (nSPS) is 10.7. The van der Waals surface area contributed by atoms with Gasteiger partial charge in [0.1, 0.15) is 6.54 Å². The fourth-order valence-electron chi connectivity index (χ4n) is 2.15. The molecule has 1 N–H and O–H groups in total. The average molecular weight is 253 g/mol. The number of rotatable bonds is 3. The largest absolute Gasteiger partial charge is 0.480 e. The summed E-state index contributed by atoms with van der Waals surface area (Å²) in [6.07, 6.45) is 6.88. The molecule has 5 heteroatoms. The zero-order chi connectivity index (χ0) is 13.2. The number of nitrogens with zero attached hydrogens (tertiary/aromatic N) is 3. The molecule has 3 heterocycles. The van der Waals surface area contributed by atoms with Crippen LogP contribution in [0.1, 0.15) is 0 Å². The molecule has 3 aromatic heterocycles. The molecule has 0 aliphatic rings. The minimum atomic E-state index is -0.873. The number of hydrogen-bond acceptors (Lipinski definition) is 3. The van der Waals surface area contributed by atoms with Crippen molar-refractivity contribution >= 4 is 16.9 Å². The first kappa shape index (κ1) is 11.4. The molecule has 0 aliphatic heterocycles. The molecular weight excluding hydrogens is 242 g/mol. The van der Waals surface area contributed by atoms with Crippen molar-refractivity contribution in [3.63, 3.8) is 0 Å². The van der Waals surface area contributed by atoms with Crippen LogP contribution in [-0.2, 0) is 11.3 Å². The Kier molecular flexibility index (Phi) is 2.72. The Hall–Kier alpha value is -2.69.